The number of nitrogens with zero attached hydrogens (tertiary/aromatic N) is 1. The number of nitrogens with one attached hydrogen (secondary N) is 2. The lowest BCUT2D eigenvalue weighted by Gasteiger charge is -2.34. The lowest BCUT2D eigenvalue weighted by atomic mass is 10.1. The second-order valence-corrected chi connectivity index (χ2v) is 7.57. The zero-order chi connectivity index (χ0) is 18.7. The fourth-order valence-corrected chi connectivity index (χ4v) is 3.74. The summed E-state index contributed by atoms with van der Waals surface area (Å²) in [5.41, 5.74) is 5.77. The maximum absolute atomic E-state index is 12.4. The zero-order valence-electron chi connectivity index (χ0n) is 15.7. The first-order chi connectivity index (χ1) is 12.4. The summed E-state index contributed by atoms with van der Waals surface area (Å²) >= 11 is 6.20. The third kappa shape index (κ3) is 4.37. The molecule has 1 amide bonds. The van der Waals surface area contributed by atoms with Crippen LogP contribution >= 0.6 is 11.6 Å². The van der Waals surface area contributed by atoms with E-state index in [0.29, 0.717) is 17.3 Å². The van der Waals surface area contributed by atoms with E-state index in [1.807, 2.05) is 25.1 Å². The van der Waals surface area contributed by atoms with Gasteiger partial charge in [0.25, 0.3) is 5.91 Å². The molecule has 1 saturated heterocycles. The molecule has 0 radical (unpaired) electrons. The van der Waals surface area contributed by atoms with Crippen LogP contribution in [-0.4, -0.2) is 38.6 Å². The van der Waals surface area contributed by atoms with Gasteiger partial charge in [-0.3, -0.25) is 4.79 Å². The van der Waals surface area contributed by atoms with Gasteiger partial charge in [-0.15, -0.1) is 0 Å². The molecule has 2 aromatic carbocycles. The number of carbonyl (C=O) groups is 1. The highest BCUT2D eigenvalue weighted by Crippen LogP contribution is 2.23. The van der Waals surface area contributed by atoms with Crippen molar-refractivity contribution in [3.63, 3.8) is 0 Å². The first-order valence-corrected chi connectivity index (χ1v) is 9.52. The molecule has 0 atom stereocenters. The van der Waals surface area contributed by atoms with Crippen LogP contribution in [0, 0.1) is 20.8 Å². The summed E-state index contributed by atoms with van der Waals surface area (Å²) in [5.74, 6) is 0.0194. The van der Waals surface area contributed by atoms with E-state index in [1.165, 1.54) is 21.7 Å². The molecule has 0 unspecified atom stereocenters. The van der Waals surface area contributed by atoms with Crippen molar-refractivity contribution in [1.82, 2.24) is 0 Å². The molecule has 3 rings (SSSR count). The summed E-state index contributed by atoms with van der Waals surface area (Å²) in [7, 11) is 0. The molecule has 1 heterocycles. The number of benzene rings is 2. The SMILES string of the molecule is Cc1ccc(NC(=O)C[NH+]2CCN(c3cccc(C)c3C)CC2)c(Cl)c1. The number of anilines is 2. The predicted octanol–water partition coefficient (Wildman–Crippen LogP) is 2.61. The molecule has 2 aromatic rings. The van der Waals surface area contributed by atoms with Crippen molar-refractivity contribution in [2.24, 2.45) is 0 Å². The van der Waals surface area contributed by atoms with Crippen LogP contribution in [0.4, 0.5) is 11.4 Å². The summed E-state index contributed by atoms with van der Waals surface area (Å²) in [5, 5.41) is 3.53. The third-order valence-corrected chi connectivity index (χ3v) is 5.51. The number of amides is 1. The topological polar surface area (TPSA) is 36.8 Å². The highest BCUT2D eigenvalue weighted by Gasteiger charge is 2.23. The van der Waals surface area contributed by atoms with Gasteiger partial charge in [-0.2, -0.15) is 0 Å². The van der Waals surface area contributed by atoms with E-state index in [4.69, 9.17) is 11.6 Å². The third-order valence-electron chi connectivity index (χ3n) is 5.20. The van der Waals surface area contributed by atoms with Gasteiger partial charge in [0.05, 0.1) is 36.9 Å². The van der Waals surface area contributed by atoms with Crippen LogP contribution in [0.2, 0.25) is 5.02 Å². The van der Waals surface area contributed by atoms with Gasteiger partial charge in [0.15, 0.2) is 6.54 Å². The Kier molecular flexibility index (Phi) is 5.84. The molecule has 138 valence electrons. The Morgan fingerprint density at radius 1 is 1.15 bits per heavy atom. The number of carbonyl (C=O) groups excluding carboxylic acids is 1. The smallest absolute Gasteiger partial charge is 0.279 e. The Balaban J connectivity index is 1.53. The Hall–Kier alpha value is -2.04. The molecular formula is C21H27ClN3O+. The van der Waals surface area contributed by atoms with Crippen molar-refractivity contribution in [2.75, 3.05) is 42.9 Å². The normalized spacial score (nSPS) is 15.2. The van der Waals surface area contributed by atoms with Crippen LogP contribution in [-0.2, 0) is 4.79 Å². The van der Waals surface area contributed by atoms with E-state index in [-0.39, 0.29) is 5.91 Å². The molecule has 1 fully saturated rings. The molecule has 4 nitrogen and oxygen atoms in total. The Labute approximate surface area is 160 Å². The number of halogens is 1. The van der Waals surface area contributed by atoms with Gasteiger partial charge >= 0.3 is 0 Å². The van der Waals surface area contributed by atoms with Crippen LogP contribution in [0.1, 0.15) is 16.7 Å². The Morgan fingerprint density at radius 2 is 1.88 bits per heavy atom. The molecule has 1 aliphatic heterocycles. The van der Waals surface area contributed by atoms with E-state index >= 15 is 0 Å². The molecule has 5 heteroatoms. The number of piperazine rings is 1. The van der Waals surface area contributed by atoms with E-state index < -0.39 is 0 Å². The lowest BCUT2D eigenvalue weighted by molar-refractivity contribution is -0.892. The minimum absolute atomic E-state index is 0.0194. The highest BCUT2D eigenvalue weighted by atomic mass is 35.5. The molecule has 2 N–H and O–H groups in total. The fourth-order valence-electron chi connectivity index (χ4n) is 3.46. The number of rotatable bonds is 4. The number of aryl methyl sites for hydroxylation is 2. The van der Waals surface area contributed by atoms with Crippen molar-refractivity contribution in [2.45, 2.75) is 20.8 Å². The van der Waals surface area contributed by atoms with Crippen molar-refractivity contribution in [3.8, 4) is 0 Å². The van der Waals surface area contributed by atoms with Crippen molar-refractivity contribution < 1.29 is 9.69 Å². The van der Waals surface area contributed by atoms with Gasteiger partial charge in [0, 0.05) is 5.69 Å². The van der Waals surface area contributed by atoms with Crippen molar-refractivity contribution in [1.29, 1.82) is 0 Å². The van der Waals surface area contributed by atoms with Crippen molar-refractivity contribution >= 4 is 28.9 Å². The van der Waals surface area contributed by atoms with E-state index in [1.54, 1.807) is 0 Å². The van der Waals surface area contributed by atoms with Crippen LogP contribution in [0.25, 0.3) is 0 Å². The molecule has 0 spiro atoms. The van der Waals surface area contributed by atoms with Gasteiger partial charge in [0.1, 0.15) is 0 Å². The Morgan fingerprint density at radius 3 is 2.58 bits per heavy atom. The summed E-state index contributed by atoms with van der Waals surface area (Å²) in [6, 6.07) is 12.2. The van der Waals surface area contributed by atoms with E-state index in [9.17, 15) is 4.79 Å². The minimum Gasteiger partial charge on any atom is -0.360 e. The van der Waals surface area contributed by atoms with E-state index in [2.05, 4.69) is 42.3 Å². The van der Waals surface area contributed by atoms with Gasteiger partial charge < -0.3 is 15.1 Å². The van der Waals surface area contributed by atoms with Crippen LogP contribution in [0.5, 0.6) is 0 Å². The lowest BCUT2D eigenvalue weighted by Crippen LogP contribution is -3.15. The van der Waals surface area contributed by atoms with Gasteiger partial charge in [0.2, 0.25) is 0 Å². The maximum Gasteiger partial charge on any atom is 0.279 e. The molecule has 0 aromatic heterocycles. The summed E-state index contributed by atoms with van der Waals surface area (Å²) in [4.78, 5) is 16.1. The van der Waals surface area contributed by atoms with Crippen LogP contribution in [0.3, 0.4) is 0 Å². The molecule has 0 aliphatic carbocycles. The van der Waals surface area contributed by atoms with Gasteiger partial charge in [-0.05, 0) is 55.7 Å². The summed E-state index contributed by atoms with van der Waals surface area (Å²) in [6.45, 7) is 10.7. The van der Waals surface area contributed by atoms with Crippen LogP contribution < -0.4 is 15.1 Å². The minimum atomic E-state index is 0.0194. The maximum atomic E-state index is 12.4. The number of hydrogen-bond acceptors (Lipinski definition) is 2. The first-order valence-electron chi connectivity index (χ1n) is 9.15. The predicted molar refractivity (Wildman–Crippen MR) is 109 cm³/mol. The number of quaternary nitrogens is 1. The molecule has 0 bridgehead atoms. The largest absolute Gasteiger partial charge is 0.360 e. The molecule has 26 heavy (non-hydrogen) atoms. The molecule has 0 saturated carbocycles. The van der Waals surface area contributed by atoms with Crippen LogP contribution in [0.15, 0.2) is 36.4 Å². The quantitative estimate of drug-likeness (QED) is 0.865. The molecule has 1 aliphatic rings. The zero-order valence-corrected chi connectivity index (χ0v) is 16.5. The van der Waals surface area contributed by atoms with Gasteiger partial charge in [-0.1, -0.05) is 29.8 Å². The summed E-state index contributed by atoms with van der Waals surface area (Å²) < 4.78 is 0. The highest BCUT2D eigenvalue weighted by molar-refractivity contribution is 6.33. The summed E-state index contributed by atoms with van der Waals surface area (Å²) in [6.07, 6.45) is 0. The first kappa shape index (κ1) is 18.7. The number of hydrogen-bond donors (Lipinski definition) is 2. The molecular weight excluding hydrogens is 346 g/mol. The van der Waals surface area contributed by atoms with Gasteiger partial charge in [-0.25, -0.2) is 0 Å². The average molecular weight is 373 g/mol. The average Bonchev–Trinajstić information content (AvgIpc) is 2.61. The standard InChI is InChI=1S/C21H26ClN3O/c1-15-7-8-19(18(22)13-15)23-21(26)14-24-9-11-25(12-10-24)20-6-4-5-16(2)17(20)3/h4-8,13H,9-12,14H2,1-3H3,(H,23,26)/p+1. The fraction of sp³-hybridized carbons (Fsp3) is 0.381. The van der Waals surface area contributed by atoms with E-state index in [0.717, 1.165) is 31.7 Å². The second kappa shape index (κ2) is 8.11. The van der Waals surface area contributed by atoms with Crippen molar-refractivity contribution in [3.05, 3.63) is 58.1 Å². The Bertz CT molecular complexity index is 798. The second-order valence-electron chi connectivity index (χ2n) is 7.16. The monoisotopic (exact) mass is 372 g/mol.